The van der Waals surface area contributed by atoms with Crippen molar-refractivity contribution < 1.29 is 0 Å². The predicted octanol–water partition coefficient (Wildman–Crippen LogP) is 5.04. The van der Waals surface area contributed by atoms with Crippen molar-refractivity contribution in [2.24, 2.45) is 5.73 Å². The van der Waals surface area contributed by atoms with E-state index in [4.69, 9.17) is 29.6 Å². The van der Waals surface area contributed by atoms with Crippen LogP contribution in [0.3, 0.4) is 0 Å². The molecule has 0 saturated carbocycles. The van der Waals surface area contributed by atoms with Gasteiger partial charge in [0.1, 0.15) is 4.99 Å². The molecular formula is C15H14BrClN2S. The number of aryl methyl sites for hydroxylation is 1. The van der Waals surface area contributed by atoms with Crippen molar-refractivity contribution in [3.8, 4) is 0 Å². The molecule has 0 fully saturated rings. The summed E-state index contributed by atoms with van der Waals surface area (Å²) >= 11 is 14.7. The van der Waals surface area contributed by atoms with Crippen molar-refractivity contribution in [1.29, 1.82) is 0 Å². The third-order valence-corrected chi connectivity index (χ3v) is 3.99. The van der Waals surface area contributed by atoms with E-state index in [1.165, 1.54) is 5.56 Å². The second-order valence-corrected chi connectivity index (χ2v) is 6.07. The molecule has 2 aromatic rings. The third-order valence-electron chi connectivity index (χ3n) is 2.98. The maximum Gasteiger partial charge on any atom is 0.107 e. The van der Waals surface area contributed by atoms with Crippen LogP contribution in [0, 0.1) is 0 Å². The smallest absolute Gasteiger partial charge is 0.107 e. The molecule has 0 bridgehead atoms. The molecule has 5 heteroatoms. The molecule has 0 spiro atoms. The Morgan fingerprint density at radius 1 is 1.30 bits per heavy atom. The Hall–Kier alpha value is -1.10. The summed E-state index contributed by atoms with van der Waals surface area (Å²) < 4.78 is 1.06. The summed E-state index contributed by atoms with van der Waals surface area (Å²) in [5.74, 6) is 0. The van der Waals surface area contributed by atoms with Gasteiger partial charge in [-0.15, -0.1) is 0 Å². The molecule has 0 heterocycles. The highest BCUT2D eigenvalue weighted by molar-refractivity contribution is 9.10. The molecule has 20 heavy (non-hydrogen) atoms. The van der Waals surface area contributed by atoms with Gasteiger partial charge < -0.3 is 11.1 Å². The molecule has 2 rings (SSSR count). The Bertz CT molecular complexity index is 658. The molecule has 2 nitrogen and oxygen atoms in total. The van der Waals surface area contributed by atoms with Gasteiger partial charge in [-0.1, -0.05) is 52.7 Å². The number of rotatable bonds is 4. The summed E-state index contributed by atoms with van der Waals surface area (Å²) in [6, 6.07) is 11.7. The van der Waals surface area contributed by atoms with E-state index < -0.39 is 0 Å². The standard InChI is InChI=1S/C15H14BrClN2S/c1-2-9-8-10(16)6-7-12(9)19-13-5-3-4-11(17)14(13)15(18)20/h3-8,19H,2H2,1H3,(H2,18,20). The first kappa shape index (κ1) is 15.3. The highest BCUT2D eigenvalue weighted by atomic mass is 79.9. The zero-order valence-electron chi connectivity index (χ0n) is 10.9. The second-order valence-electron chi connectivity index (χ2n) is 4.31. The summed E-state index contributed by atoms with van der Waals surface area (Å²) in [4.78, 5) is 0.285. The van der Waals surface area contributed by atoms with Crippen LogP contribution >= 0.6 is 39.7 Å². The topological polar surface area (TPSA) is 38.0 Å². The highest BCUT2D eigenvalue weighted by Crippen LogP contribution is 2.30. The van der Waals surface area contributed by atoms with E-state index in [0.717, 1.165) is 22.3 Å². The summed E-state index contributed by atoms with van der Waals surface area (Å²) in [6.45, 7) is 2.11. The fourth-order valence-corrected chi connectivity index (χ4v) is 2.96. The lowest BCUT2D eigenvalue weighted by Crippen LogP contribution is -2.13. The lowest BCUT2D eigenvalue weighted by Gasteiger charge is -2.15. The van der Waals surface area contributed by atoms with Gasteiger partial charge >= 0.3 is 0 Å². The minimum Gasteiger partial charge on any atom is -0.389 e. The molecule has 0 radical (unpaired) electrons. The van der Waals surface area contributed by atoms with Gasteiger partial charge in [0, 0.05) is 10.2 Å². The van der Waals surface area contributed by atoms with Gasteiger partial charge in [0.25, 0.3) is 0 Å². The van der Waals surface area contributed by atoms with Gasteiger partial charge in [-0.05, 0) is 42.3 Å². The van der Waals surface area contributed by atoms with Crippen LogP contribution in [0.1, 0.15) is 18.1 Å². The Morgan fingerprint density at radius 2 is 2.05 bits per heavy atom. The molecule has 0 aliphatic rings. The molecular weight excluding hydrogens is 356 g/mol. The van der Waals surface area contributed by atoms with Gasteiger partial charge in [0.15, 0.2) is 0 Å². The lowest BCUT2D eigenvalue weighted by molar-refractivity contribution is 1.14. The van der Waals surface area contributed by atoms with E-state index in [1.54, 1.807) is 6.07 Å². The summed E-state index contributed by atoms with van der Waals surface area (Å²) in [5.41, 5.74) is 9.49. The molecule has 0 amide bonds. The minimum absolute atomic E-state index is 0.285. The Labute approximate surface area is 137 Å². The van der Waals surface area contributed by atoms with Crippen LogP contribution in [-0.4, -0.2) is 4.99 Å². The number of thiocarbonyl (C=S) groups is 1. The number of hydrogen-bond acceptors (Lipinski definition) is 2. The molecule has 0 aliphatic heterocycles. The van der Waals surface area contributed by atoms with Crippen molar-refractivity contribution in [3.63, 3.8) is 0 Å². The largest absolute Gasteiger partial charge is 0.389 e. The van der Waals surface area contributed by atoms with Gasteiger partial charge in [0.05, 0.1) is 16.3 Å². The third kappa shape index (κ3) is 3.32. The molecule has 0 aromatic heterocycles. The van der Waals surface area contributed by atoms with Crippen molar-refractivity contribution >= 4 is 56.1 Å². The summed E-state index contributed by atoms with van der Waals surface area (Å²) in [6.07, 6.45) is 0.921. The number of anilines is 2. The lowest BCUT2D eigenvalue weighted by atomic mass is 10.1. The van der Waals surface area contributed by atoms with Crippen molar-refractivity contribution in [2.45, 2.75) is 13.3 Å². The van der Waals surface area contributed by atoms with E-state index in [2.05, 4.69) is 34.2 Å². The zero-order valence-corrected chi connectivity index (χ0v) is 14.1. The van der Waals surface area contributed by atoms with E-state index in [-0.39, 0.29) is 4.99 Å². The Morgan fingerprint density at radius 3 is 2.70 bits per heavy atom. The normalized spacial score (nSPS) is 10.3. The number of halogens is 2. The first-order valence-corrected chi connectivity index (χ1v) is 7.74. The maximum absolute atomic E-state index is 6.17. The highest BCUT2D eigenvalue weighted by Gasteiger charge is 2.11. The van der Waals surface area contributed by atoms with Crippen LogP contribution in [0.4, 0.5) is 11.4 Å². The first-order chi connectivity index (χ1) is 9.52. The number of nitrogens with one attached hydrogen (secondary N) is 1. The summed E-state index contributed by atoms with van der Waals surface area (Å²) in [7, 11) is 0. The molecule has 0 atom stereocenters. The van der Waals surface area contributed by atoms with Gasteiger partial charge in [-0.2, -0.15) is 0 Å². The fourth-order valence-electron chi connectivity index (χ4n) is 2.00. The first-order valence-electron chi connectivity index (χ1n) is 6.16. The fraction of sp³-hybridized carbons (Fsp3) is 0.133. The maximum atomic E-state index is 6.17. The minimum atomic E-state index is 0.285. The monoisotopic (exact) mass is 368 g/mol. The molecule has 0 saturated heterocycles. The Balaban J connectivity index is 2.45. The zero-order chi connectivity index (χ0) is 14.7. The SMILES string of the molecule is CCc1cc(Br)ccc1Nc1cccc(Cl)c1C(N)=S. The predicted molar refractivity (Wildman–Crippen MR) is 94.1 cm³/mol. The van der Waals surface area contributed by atoms with Crippen molar-refractivity contribution in [2.75, 3.05) is 5.32 Å². The van der Waals surface area contributed by atoms with Crippen LogP contribution in [0.2, 0.25) is 5.02 Å². The average Bonchev–Trinajstić information content (AvgIpc) is 2.40. The van der Waals surface area contributed by atoms with Crippen molar-refractivity contribution in [3.05, 3.63) is 57.0 Å². The van der Waals surface area contributed by atoms with Gasteiger partial charge in [-0.25, -0.2) is 0 Å². The number of benzene rings is 2. The second kappa shape index (κ2) is 6.57. The van der Waals surface area contributed by atoms with E-state index in [0.29, 0.717) is 10.6 Å². The average molecular weight is 370 g/mol. The van der Waals surface area contributed by atoms with Crippen molar-refractivity contribution in [1.82, 2.24) is 0 Å². The molecule has 0 unspecified atom stereocenters. The number of hydrogen-bond donors (Lipinski definition) is 2. The quantitative estimate of drug-likeness (QED) is 0.741. The van der Waals surface area contributed by atoms with Gasteiger partial charge in [0.2, 0.25) is 0 Å². The van der Waals surface area contributed by atoms with E-state index in [1.807, 2.05) is 24.3 Å². The van der Waals surface area contributed by atoms with E-state index in [9.17, 15) is 0 Å². The van der Waals surface area contributed by atoms with Crippen LogP contribution in [-0.2, 0) is 6.42 Å². The van der Waals surface area contributed by atoms with Crippen LogP contribution in [0.25, 0.3) is 0 Å². The van der Waals surface area contributed by atoms with E-state index >= 15 is 0 Å². The van der Waals surface area contributed by atoms with Gasteiger partial charge in [-0.3, -0.25) is 0 Å². The molecule has 0 aliphatic carbocycles. The molecule has 2 aromatic carbocycles. The van der Waals surface area contributed by atoms with Crippen LogP contribution in [0.15, 0.2) is 40.9 Å². The summed E-state index contributed by atoms with van der Waals surface area (Å²) in [5, 5.41) is 3.92. The van der Waals surface area contributed by atoms with Crippen LogP contribution < -0.4 is 11.1 Å². The van der Waals surface area contributed by atoms with Crippen LogP contribution in [0.5, 0.6) is 0 Å². The molecule has 104 valence electrons. The number of nitrogens with two attached hydrogens (primary N) is 1. The molecule has 3 N–H and O–H groups in total. The Kier molecular flexibility index (Phi) is 5.02.